The molecular weight excluding hydrogens is 666 g/mol. The van der Waals surface area contributed by atoms with Crippen molar-refractivity contribution in [3.05, 3.63) is 48.6 Å². The minimum atomic E-state index is -1.81. The number of carbonyl (C=O) groups is 2. The van der Waals surface area contributed by atoms with Crippen molar-refractivity contribution in [2.45, 2.75) is 112 Å². The molecule has 10 N–H and O–H groups in total. The molecule has 0 aliphatic carbocycles. The van der Waals surface area contributed by atoms with E-state index in [4.69, 9.17) is 28.4 Å². The molecule has 282 valence electrons. The summed E-state index contributed by atoms with van der Waals surface area (Å²) in [5, 5.41) is 83.0. The highest BCUT2D eigenvalue weighted by atomic mass is 16.7. The number of carbonyl (C=O) groups excluding carboxylic acids is 2. The monoisotopic (exact) mass is 715 g/mol. The number of hydrogen-bond acceptors (Lipinski definition) is 16. The molecule has 3 aliphatic rings. The molecular formula is C32H49N3O15. The van der Waals surface area contributed by atoms with E-state index >= 15 is 0 Å². The van der Waals surface area contributed by atoms with Crippen LogP contribution in [0.1, 0.15) is 19.4 Å². The number of benzene rings is 1. The van der Waals surface area contributed by atoms with E-state index in [2.05, 4.69) is 22.5 Å². The Morgan fingerprint density at radius 1 is 0.740 bits per heavy atom. The second-order valence-electron chi connectivity index (χ2n) is 12.4. The Morgan fingerprint density at radius 3 is 1.86 bits per heavy atom. The Kier molecular flexibility index (Phi) is 15.0. The zero-order chi connectivity index (χ0) is 36.5. The summed E-state index contributed by atoms with van der Waals surface area (Å²) in [7, 11) is 0. The third-order valence-corrected chi connectivity index (χ3v) is 8.58. The molecule has 3 saturated heterocycles. The van der Waals surface area contributed by atoms with Crippen molar-refractivity contribution in [2.75, 3.05) is 26.3 Å². The van der Waals surface area contributed by atoms with Gasteiger partial charge in [-0.15, -0.1) is 6.58 Å². The van der Waals surface area contributed by atoms with Crippen LogP contribution in [0.25, 0.3) is 0 Å². The summed E-state index contributed by atoms with van der Waals surface area (Å²) in [6.07, 6.45) is -17.2. The van der Waals surface area contributed by atoms with Crippen molar-refractivity contribution in [3.63, 3.8) is 0 Å². The van der Waals surface area contributed by atoms with Crippen molar-refractivity contribution in [2.24, 2.45) is 0 Å². The van der Waals surface area contributed by atoms with E-state index in [1.807, 2.05) is 30.3 Å². The molecule has 2 amide bonds. The van der Waals surface area contributed by atoms with E-state index in [1.165, 1.54) is 19.9 Å². The maximum Gasteiger partial charge on any atom is 0.217 e. The molecule has 18 heteroatoms. The molecule has 1 aromatic carbocycles. The fourth-order valence-electron chi connectivity index (χ4n) is 6.03. The van der Waals surface area contributed by atoms with Crippen LogP contribution >= 0.6 is 0 Å². The lowest BCUT2D eigenvalue weighted by atomic mass is 9.95. The van der Waals surface area contributed by atoms with E-state index in [-0.39, 0.29) is 26.3 Å². The van der Waals surface area contributed by atoms with Crippen LogP contribution in [0.4, 0.5) is 0 Å². The van der Waals surface area contributed by atoms with Crippen molar-refractivity contribution >= 4 is 11.8 Å². The number of hydrogen-bond donors (Lipinski definition) is 10. The highest BCUT2D eigenvalue weighted by molar-refractivity contribution is 5.73. The molecule has 1 aromatic rings. The van der Waals surface area contributed by atoms with Crippen LogP contribution in [0.2, 0.25) is 0 Å². The maximum atomic E-state index is 11.9. The van der Waals surface area contributed by atoms with Crippen molar-refractivity contribution in [3.8, 4) is 0 Å². The van der Waals surface area contributed by atoms with Crippen molar-refractivity contribution < 1.29 is 73.8 Å². The molecule has 0 saturated carbocycles. The second kappa shape index (κ2) is 18.7. The van der Waals surface area contributed by atoms with Gasteiger partial charge in [-0.2, -0.15) is 0 Å². The number of ether oxygens (including phenoxy) is 6. The van der Waals surface area contributed by atoms with Gasteiger partial charge in [0.15, 0.2) is 18.9 Å². The van der Waals surface area contributed by atoms with Crippen molar-refractivity contribution in [1.29, 1.82) is 0 Å². The average Bonchev–Trinajstić information content (AvgIpc) is 3.09. The Balaban J connectivity index is 1.40. The molecule has 3 fully saturated rings. The van der Waals surface area contributed by atoms with E-state index in [9.17, 15) is 45.3 Å². The molecule has 3 aliphatic heterocycles. The molecule has 15 atom stereocenters. The van der Waals surface area contributed by atoms with E-state index in [1.54, 1.807) is 0 Å². The first kappa shape index (κ1) is 40.1. The van der Waals surface area contributed by atoms with Gasteiger partial charge in [-0.1, -0.05) is 36.4 Å². The summed E-state index contributed by atoms with van der Waals surface area (Å²) in [5.74, 6) is -0.997. The Bertz CT molecular complexity index is 1230. The van der Waals surface area contributed by atoms with E-state index < -0.39 is 110 Å². The van der Waals surface area contributed by atoms with E-state index in [0.29, 0.717) is 0 Å². The quantitative estimate of drug-likeness (QED) is 0.0771. The lowest BCUT2D eigenvalue weighted by Crippen LogP contribution is -2.68. The first-order valence-corrected chi connectivity index (χ1v) is 16.3. The second-order valence-corrected chi connectivity index (χ2v) is 12.4. The number of aliphatic hydroxyl groups excluding tert-OH is 7. The minimum Gasteiger partial charge on any atom is -0.394 e. The van der Waals surface area contributed by atoms with E-state index in [0.717, 1.165) is 5.56 Å². The highest BCUT2D eigenvalue weighted by Crippen LogP contribution is 2.30. The fourth-order valence-corrected chi connectivity index (χ4v) is 6.03. The van der Waals surface area contributed by atoms with Gasteiger partial charge < -0.3 is 80.1 Å². The first-order valence-electron chi connectivity index (χ1n) is 16.3. The van der Waals surface area contributed by atoms with Crippen LogP contribution < -0.4 is 16.0 Å². The standard InChI is InChI=1S/C32H49N3O15/c1-4-10-45-30-22(35-16(3)38)26(42)29(20(13-36)49-30)50-32-28(44)27(43)24(40)19(48-32)12-33-11-18-23(39)25(41)21(34-15(2)37)31(47-18)46-14-17-8-6-5-7-9-17/h4-9,18-33,36,39-44H,1,10-14H2,2-3H3,(H,34,37)(H,35,38)/t18-,19-,20-,21-,22-,23-,24+,25-,26-,27+,28-,29-,30+,31+,32+/m1/s1. The molecule has 50 heavy (non-hydrogen) atoms. The predicted molar refractivity (Wildman–Crippen MR) is 169 cm³/mol. The minimum absolute atomic E-state index is 0.000502. The zero-order valence-electron chi connectivity index (χ0n) is 27.8. The molecule has 0 unspecified atom stereocenters. The Labute approximate surface area is 288 Å². The molecule has 0 radical (unpaired) electrons. The summed E-state index contributed by atoms with van der Waals surface area (Å²) >= 11 is 0. The number of amides is 2. The van der Waals surface area contributed by atoms with Gasteiger partial charge in [0.2, 0.25) is 11.8 Å². The largest absolute Gasteiger partial charge is 0.394 e. The Hall–Kier alpha value is -2.66. The fraction of sp³-hybridized carbons (Fsp3) is 0.688. The lowest BCUT2D eigenvalue weighted by Gasteiger charge is -2.47. The highest BCUT2D eigenvalue weighted by Gasteiger charge is 2.51. The van der Waals surface area contributed by atoms with Crippen molar-refractivity contribution in [1.82, 2.24) is 16.0 Å². The van der Waals surface area contributed by atoms with Crippen LogP contribution in [0.15, 0.2) is 43.0 Å². The Morgan fingerprint density at radius 2 is 1.28 bits per heavy atom. The smallest absolute Gasteiger partial charge is 0.217 e. The van der Waals surface area contributed by atoms with Gasteiger partial charge in [0.1, 0.15) is 73.1 Å². The first-order chi connectivity index (χ1) is 23.9. The number of rotatable bonds is 15. The van der Waals surface area contributed by atoms with Gasteiger partial charge in [-0.25, -0.2) is 0 Å². The summed E-state index contributed by atoms with van der Waals surface area (Å²) in [6.45, 7) is 5.11. The molecule has 4 rings (SSSR count). The lowest BCUT2D eigenvalue weighted by molar-refractivity contribution is -0.345. The van der Waals surface area contributed by atoms with Gasteiger partial charge in [0, 0.05) is 26.9 Å². The number of nitrogens with one attached hydrogen (secondary N) is 3. The van der Waals surface area contributed by atoms with Gasteiger partial charge in [0.05, 0.1) is 19.8 Å². The van der Waals surface area contributed by atoms with Crippen LogP contribution in [-0.4, -0.2) is 166 Å². The molecule has 18 nitrogen and oxygen atoms in total. The van der Waals surface area contributed by atoms with Gasteiger partial charge in [-0.05, 0) is 5.56 Å². The summed E-state index contributed by atoms with van der Waals surface area (Å²) in [5.41, 5.74) is 0.804. The van der Waals surface area contributed by atoms with Crippen LogP contribution in [-0.2, 0) is 44.6 Å². The molecule has 0 aromatic heterocycles. The predicted octanol–water partition coefficient (Wildman–Crippen LogP) is -4.28. The number of aliphatic hydroxyl groups is 7. The molecule has 0 spiro atoms. The topological polar surface area (TPSA) is 267 Å². The molecule has 0 bridgehead atoms. The van der Waals surface area contributed by atoms with Crippen LogP contribution in [0.3, 0.4) is 0 Å². The summed E-state index contributed by atoms with van der Waals surface area (Å²) in [4.78, 5) is 23.7. The van der Waals surface area contributed by atoms with Gasteiger partial charge >= 0.3 is 0 Å². The molecule has 3 heterocycles. The van der Waals surface area contributed by atoms with Crippen LogP contribution in [0, 0.1) is 0 Å². The van der Waals surface area contributed by atoms with Gasteiger partial charge in [0.25, 0.3) is 0 Å². The zero-order valence-corrected chi connectivity index (χ0v) is 27.8. The summed E-state index contributed by atoms with van der Waals surface area (Å²) < 4.78 is 34.7. The average molecular weight is 716 g/mol. The third kappa shape index (κ3) is 10.0. The normalized spacial score (nSPS) is 39.0. The maximum absolute atomic E-state index is 11.9. The van der Waals surface area contributed by atoms with Gasteiger partial charge in [-0.3, -0.25) is 9.59 Å². The summed E-state index contributed by atoms with van der Waals surface area (Å²) in [6, 6.07) is 6.86. The third-order valence-electron chi connectivity index (χ3n) is 8.58. The SMILES string of the molecule is C=CCO[C@H]1O[C@H](CO)[C@@H](O[C@@H]2O[C@H](CNC[C@H]3O[C@H](OCc4ccccc4)[C@H](NC(C)=O)[C@@H](O)[C@@H]3O)[C@H](O)[C@H](O)[C@H]2O)[C@H](O)[C@H]1NC(C)=O. The van der Waals surface area contributed by atoms with Crippen LogP contribution in [0.5, 0.6) is 0 Å².